The van der Waals surface area contributed by atoms with Gasteiger partial charge in [-0.3, -0.25) is 9.69 Å². The summed E-state index contributed by atoms with van der Waals surface area (Å²) >= 11 is 0. The van der Waals surface area contributed by atoms with Crippen molar-refractivity contribution in [1.82, 2.24) is 19.8 Å². The van der Waals surface area contributed by atoms with Gasteiger partial charge < -0.3 is 15.6 Å². The number of para-hydroxylation sites is 1. The van der Waals surface area contributed by atoms with Crippen LogP contribution in [0.3, 0.4) is 0 Å². The van der Waals surface area contributed by atoms with Crippen molar-refractivity contribution < 1.29 is 4.79 Å². The van der Waals surface area contributed by atoms with Crippen LogP contribution in [0.2, 0.25) is 0 Å². The number of nitrogens with zero attached hydrogens (tertiary/aromatic N) is 3. The number of carbonyl (C=O) groups excluding carboxylic acids is 1. The number of likely N-dealkylation sites (tertiary alicyclic amines) is 1. The molecule has 2 saturated heterocycles. The average Bonchev–Trinajstić information content (AvgIpc) is 3.33. The van der Waals surface area contributed by atoms with E-state index in [0.29, 0.717) is 17.5 Å². The summed E-state index contributed by atoms with van der Waals surface area (Å²) in [5.74, 6) is 1.11. The largest absolute Gasteiger partial charge is 0.366 e. The minimum Gasteiger partial charge on any atom is -0.366 e. The fraction of sp³-hybridized carbons (Fsp3) is 0.619. The van der Waals surface area contributed by atoms with Crippen LogP contribution in [0.15, 0.2) is 18.2 Å². The van der Waals surface area contributed by atoms with Crippen LogP contribution in [0.1, 0.15) is 61.1 Å². The smallest absolute Gasteiger partial charge is 0.250 e. The summed E-state index contributed by atoms with van der Waals surface area (Å²) in [6.07, 6.45) is 6.27. The van der Waals surface area contributed by atoms with E-state index < -0.39 is 5.91 Å². The molecule has 27 heavy (non-hydrogen) atoms. The molecule has 0 spiro atoms. The summed E-state index contributed by atoms with van der Waals surface area (Å²) in [5, 5.41) is 3.45. The van der Waals surface area contributed by atoms with E-state index in [1.54, 1.807) is 6.07 Å². The lowest BCUT2D eigenvalue weighted by Crippen LogP contribution is -2.41. The molecule has 6 heteroatoms. The number of nitrogens with two attached hydrogens (primary N) is 1. The van der Waals surface area contributed by atoms with Crippen molar-refractivity contribution >= 4 is 16.9 Å². The Hall–Kier alpha value is -1.92. The van der Waals surface area contributed by atoms with E-state index in [1.165, 1.54) is 32.2 Å². The molecule has 2 atom stereocenters. The second-order valence-corrected chi connectivity index (χ2v) is 7.94. The summed E-state index contributed by atoms with van der Waals surface area (Å²) in [6, 6.07) is 6.49. The highest BCUT2D eigenvalue weighted by Crippen LogP contribution is 2.28. The lowest BCUT2D eigenvalue weighted by molar-refractivity contribution is 0.100. The Morgan fingerprint density at radius 1 is 1.30 bits per heavy atom. The number of primary amides is 1. The average molecular weight is 370 g/mol. The Balaban J connectivity index is 1.68. The van der Waals surface area contributed by atoms with Crippen molar-refractivity contribution in [3.63, 3.8) is 0 Å². The molecule has 2 aromatic rings. The van der Waals surface area contributed by atoms with Crippen molar-refractivity contribution in [3.8, 4) is 0 Å². The lowest BCUT2D eigenvalue weighted by Gasteiger charge is -2.35. The maximum absolute atomic E-state index is 11.9. The third-order valence-electron chi connectivity index (χ3n) is 6.33. The zero-order valence-electron chi connectivity index (χ0n) is 16.3. The van der Waals surface area contributed by atoms with Crippen molar-refractivity contribution in [2.45, 2.75) is 57.5 Å². The molecule has 4 rings (SSSR count). The van der Waals surface area contributed by atoms with Gasteiger partial charge >= 0.3 is 0 Å². The topological polar surface area (TPSA) is 76.2 Å². The molecule has 0 bridgehead atoms. The summed E-state index contributed by atoms with van der Waals surface area (Å²) in [6.45, 7) is 7.43. The van der Waals surface area contributed by atoms with Gasteiger partial charge in [-0.05, 0) is 50.9 Å². The van der Waals surface area contributed by atoms with E-state index in [2.05, 4.69) is 27.8 Å². The van der Waals surface area contributed by atoms with Crippen LogP contribution in [0.5, 0.6) is 0 Å². The monoisotopic (exact) mass is 369 g/mol. The molecule has 146 valence electrons. The van der Waals surface area contributed by atoms with Gasteiger partial charge in [0.2, 0.25) is 0 Å². The van der Waals surface area contributed by atoms with Crippen LogP contribution in [0.4, 0.5) is 0 Å². The molecule has 3 heterocycles. The predicted octanol–water partition coefficient (Wildman–Crippen LogP) is 2.48. The van der Waals surface area contributed by atoms with Crippen molar-refractivity contribution in [1.29, 1.82) is 0 Å². The van der Waals surface area contributed by atoms with Crippen molar-refractivity contribution in [3.05, 3.63) is 29.6 Å². The van der Waals surface area contributed by atoms with E-state index in [4.69, 9.17) is 10.7 Å². The second kappa shape index (κ2) is 7.98. The molecular formula is C21H31N5O. The number of hydrogen-bond acceptors (Lipinski definition) is 4. The number of nitrogens with one attached hydrogen (secondary N) is 1. The first-order valence-electron chi connectivity index (χ1n) is 10.4. The number of aromatic nitrogens is 2. The second-order valence-electron chi connectivity index (χ2n) is 7.94. The highest BCUT2D eigenvalue weighted by molar-refractivity contribution is 6.04. The Bertz CT molecular complexity index is 808. The maximum atomic E-state index is 11.9. The van der Waals surface area contributed by atoms with Gasteiger partial charge in [-0.15, -0.1) is 0 Å². The first-order valence-corrected chi connectivity index (χ1v) is 10.4. The number of imidazole rings is 1. The highest BCUT2D eigenvalue weighted by Gasteiger charge is 2.26. The first-order chi connectivity index (χ1) is 13.2. The van der Waals surface area contributed by atoms with E-state index in [1.807, 2.05) is 6.07 Å². The van der Waals surface area contributed by atoms with Gasteiger partial charge in [-0.1, -0.05) is 19.4 Å². The number of amides is 1. The van der Waals surface area contributed by atoms with Crippen molar-refractivity contribution in [2.24, 2.45) is 5.73 Å². The molecule has 1 aromatic carbocycles. The quantitative estimate of drug-likeness (QED) is 0.820. The molecule has 2 aliphatic rings. The number of fused-ring (bicyclic) bond motifs is 1. The van der Waals surface area contributed by atoms with Crippen LogP contribution in [-0.2, 0) is 6.54 Å². The zero-order valence-corrected chi connectivity index (χ0v) is 16.3. The summed E-state index contributed by atoms with van der Waals surface area (Å²) in [7, 11) is 0. The number of carbonyl (C=O) groups is 1. The third-order valence-corrected chi connectivity index (χ3v) is 6.33. The standard InChI is InChI=1S/C21H31N5O/c1-2-16-6-3-4-11-25(16)12-13-26-18-8-5-7-17(20(22)27)19(18)24-21(26)15-9-10-23-14-15/h5,7-8,15-16,23H,2-4,6,9-14H2,1H3,(H2,22,27). The van der Waals surface area contributed by atoms with Crippen LogP contribution in [0, 0.1) is 0 Å². The molecule has 2 unspecified atom stereocenters. The van der Waals surface area contributed by atoms with Gasteiger partial charge in [0.25, 0.3) is 5.91 Å². The first kappa shape index (κ1) is 18.4. The molecule has 2 fully saturated rings. The van der Waals surface area contributed by atoms with Crippen molar-refractivity contribution in [2.75, 3.05) is 26.2 Å². The maximum Gasteiger partial charge on any atom is 0.250 e. The fourth-order valence-electron chi connectivity index (χ4n) is 4.83. The van der Waals surface area contributed by atoms with Gasteiger partial charge in [0.15, 0.2) is 0 Å². The molecule has 2 aliphatic heterocycles. The molecule has 3 N–H and O–H groups in total. The Morgan fingerprint density at radius 3 is 2.93 bits per heavy atom. The van der Waals surface area contributed by atoms with Gasteiger partial charge in [0.1, 0.15) is 11.3 Å². The van der Waals surface area contributed by atoms with E-state index in [-0.39, 0.29) is 0 Å². The van der Waals surface area contributed by atoms with Crippen LogP contribution >= 0.6 is 0 Å². The number of hydrogen-bond donors (Lipinski definition) is 2. The summed E-state index contributed by atoms with van der Waals surface area (Å²) in [5.41, 5.74) is 7.94. The molecule has 6 nitrogen and oxygen atoms in total. The van der Waals surface area contributed by atoms with Gasteiger partial charge in [0.05, 0.1) is 11.1 Å². The number of benzene rings is 1. The van der Waals surface area contributed by atoms with Gasteiger partial charge in [0, 0.05) is 31.6 Å². The summed E-state index contributed by atoms with van der Waals surface area (Å²) < 4.78 is 2.35. The number of piperidine rings is 1. The van der Waals surface area contributed by atoms with Gasteiger partial charge in [-0.25, -0.2) is 4.98 Å². The van der Waals surface area contributed by atoms with E-state index in [9.17, 15) is 4.79 Å². The SMILES string of the molecule is CCC1CCCCN1CCn1c(C2CCNC2)nc2c(C(N)=O)cccc21. The Morgan fingerprint density at radius 2 is 2.19 bits per heavy atom. The minimum atomic E-state index is -0.400. The Labute approximate surface area is 161 Å². The predicted molar refractivity (Wildman–Crippen MR) is 108 cm³/mol. The zero-order chi connectivity index (χ0) is 18.8. The van der Waals surface area contributed by atoms with E-state index >= 15 is 0 Å². The fourth-order valence-corrected chi connectivity index (χ4v) is 4.83. The molecule has 0 aliphatic carbocycles. The van der Waals surface area contributed by atoms with Crippen LogP contribution in [0.25, 0.3) is 11.0 Å². The molecule has 0 saturated carbocycles. The van der Waals surface area contributed by atoms with Crippen LogP contribution < -0.4 is 11.1 Å². The molecule has 0 radical (unpaired) electrons. The van der Waals surface area contributed by atoms with Crippen LogP contribution in [-0.4, -0.2) is 52.6 Å². The molecule has 1 amide bonds. The van der Waals surface area contributed by atoms with E-state index in [0.717, 1.165) is 49.5 Å². The van der Waals surface area contributed by atoms with Gasteiger partial charge in [-0.2, -0.15) is 0 Å². The Kier molecular flexibility index (Phi) is 5.45. The normalized spacial score (nSPS) is 23.9. The molecular weight excluding hydrogens is 338 g/mol. The summed E-state index contributed by atoms with van der Waals surface area (Å²) in [4.78, 5) is 19.5. The third kappa shape index (κ3) is 3.60. The minimum absolute atomic E-state index is 0.400. The lowest BCUT2D eigenvalue weighted by atomic mass is 10.0. The number of rotatable bonds is 6. The molecule has 1 aromatic heterocycles. The highest BCUT2D eigenvalue weighted by atomic mass is 16.1.